The molecular weight excluding hydrogens is 440 g/mol. The van der Waals surface area contributed by atoms with E-state index in [0.29, 0.717) is 44.9 Å². The van der Waals surface area contributed by atoms with E-state index in [0.717, 1.165) is 12.8 Å². The molecule has 0 bridgehead atoms. The molecule has 2 heterocycles. The normalized spacial score (nSPS) is 21.3. The first-order chi connectivity index (χ1) is 15.9. The minimum absolute atomic E-state index is 0.0774. The van der Waals surface area contributed by atoms with Gasteiger partial charge in [0.1, 0.15) is 5.75 Å². The van der Waals surface area contributed by atoms with Crippen LogP contribution in [0.2, 0.25) is 0 Å². The van der Waals surface area contributed by atoms with E-state index in [2.05, 4.69) is 17.4 Å². The van der Waals surface area contributed by atoms with Crippen LogP contribution >= 0.6 is 0 Å². The van der Waals surface area contributed by atoms with Gasteiger partial charge in [0.25, 0.3) is 0 Å². The molecule has 33 heavy (non-hydrogen) atoms. The van der Waals surface area contributed by atoms with E-state index in [1.807, 2.05) is 18.2 Å². The predicted molar refractivity (Wildman–Crippen MR) is 126 cm³/mol. The zero-order chi connectivity index (χ0) is 23.3. The number of methoxy groups -OCH3 is 1. The maximum absolute atomic E-state index is 13.1. The number of hydrogen-bond donors (Lipinski definition) is 1. The SMILES string of the molecule is COc1ccc(S(=O)(=O)N2CCC[C@@H](C(=O)NCC3(c4ccccc4)CCOCC3)C2)cc1. The van der Waals surface area contributed by atoms with Gasteiger partial charge in [-0.1, -0.05) is 30.3 Å². The molecule has 0 unspecified atom stereocenters. The number of carbonyl (C=O) groups is 1. The number of benzene rings is 2. The van der Waals surface area contributed by atoms with Crippen LogP contribution in [0.1, 0.15) is 31.2 Å². The topological polar surface area (TPSA) is 84.9 Å². The van der Waals surface area contributed by atoms with Crippen molar-refractivity contribution in [2.24, 2.45) is 5.92 Å². The third kappa shape index (κ3) is 5.23. The van der Waals surface area contributed by atoms with Gasteiger partial charge in [0.2, 0.25) is 15.9 Å². The molecule has 1 N–H and O–H groups in total. The fraction of sp³-hybridized carbons (Fsp3) is 0.480. The van der Waals surface area contributed by atoms with Gasteiger partial charge in [-0.15, -0.1) is 0 Å². The average molecular weight is 473 g/mol. The van der Waals surface area contributed by atoms with E-state index in [4.69, 9.17) is 9.47 Å². The van der Waals surface area contributed by atoms with Gasteiger partial charge in [-0.3, -0.25) is 4.79 Å². The van der Waals surface area contributed by atoms with E-state index in [9.17, 15) is 13.2 Å². The summed E-state index contributed by atoms with van der Waals surface area (Å²) in [5.41, 5.74) is 1.06. The number of rotatable bonds is 7. The average Bonchev–Trinajstić information content (AvgIpc) is 2.88. The van der Waals surface area contributed by atoms with Crippen molar-refractivity contribution in [3.63, 3.8) is 0 Å². The molecule has 7 nitrogen and oxygen atoms in total. The van der Waals surface area contributed by atoms with Crippen molar-refractivity contribution in [1.82, 2.24) is 9.62 Å². The molecule has 2 fully saturated rings. The molecular formula is C25H32N2O5S. The Bertz CT molecular complexity index is 1030. The van der Waals surface area contributed by atoms with Crippen LogP contribution in [0.4, 0.5) is 0 Å². The van der Waals surface area contributed by atoms with Crippen molar-refractivity contribution in [2.75, 3.05) is 40.0 Å². The fourth-order valence-electron chi connectivity index (χ4n) is 4.79. The summed E-state index contributed by atoms with van der Waals surface area (Å²) in [7, 11) is -2.12. The highest BCUT2D eigenvalue weighted by Crippen LogP contribution is 2.34. The van der Waals surface area contributed by atoms with Crippen LogP contribution in [0.15, 0.2) is 59.5 Å². The third-order valence-corrected chi connectivity index (χ3v) is 8.77. The van der Waals surface area contributed by atoms with Crippen molar-refractivity contribution in [1.29, 1.82) is 0 Å². The van der Waals surface area contributed by atoms with Crippen LogP contribution < -0.4 is 10.1 Å². The fourth-order valence-corrected chi connectivity index (χ4v) is 6.32. The molecule has 2 aromatic rings. The summed E-state index contributed by atoms with van der Waals surface area (Å²) in [6.07, 6.45) is 3.03. The standard InChI is InChI=1S/C25H32N2O5S/c1-31-22-9-11-23(12-10-22)33(29,30)27-15-5-6-20(18-27)24(28)26-19-25(13-16-32-17-14-25)21-7-3-2-4-8-21/h2-4,7-12,20H,5-6,13-19H2,1H3,(H,26,28)/t20-/m1/s1. The van der Waals surface area contributed by atoms with Gasteiger partial charge >= 0.3 is 0 Å². The lowest BCUT2D eigenvalue weighted by atomic mass is 9.74. The Morgan fingerprint density at radius 1 is 1.12 bits per heavy atom. The van der Waals surface area contributed by atoms with E-state index in [1.165, 1.54) is 9.87 Å². The summed E-state index contributed by atoms with van der Waals surface area (Å²) >= 11 is 0. The molecule has 2 saturated heterocycles. The number of piperidine rings is 1. The summed E-state index contributed by atoms with van der Waals surface area (Å²) in [4.78, 5) is 13.3. The molecule has 0 spiro atoms. The van der Waals surface area contributed by atoms with Crippen LogP contribution in [0, 0.1) is 5.92 Å². The second-order valence-corrected chi connectivity index (χ2v) is 10.8. The molecule has 0 saturated carbocycles. The van der Waals surface area contributed by atoms with Crippen LogP contribution in [0.3, 0.4) is 0 Å². The van der Waals surface area contributed by atoms with Gasteiger partial charge in [-0.2, -0.15) is 4.31 Å². The molecule has 0 aromatic heterocycles. The molecule has 178 valence electrons. The van der Waals surface area contributed by atoms with Gasteiger partial charge in [0.15, 0.2) is 0 Å². The van der Waals surface area contributed by atoms with Crippen LogP contribution in [0.25, 0.3) is 0 Å². The minimum Gasteiger partial charge on any atom is -0.497 e. The number of nitrogens with zero attached hydrogens (tertiary/aromatic N) is 1. The zero-order valence-corrected chi connectivity index (χ0v) is 19.9. The Balaban J connectivity index is 1.43. The molecule has 4 rings (SSSR count). The molecule has 1 atom stereocenters. The number of nitrogens with one attached hydrogen (secondary N) is 1. The molecule has 8 heteroatoms. The minimum atomic E-state index is -3.66. The Morgan fingerprint density at radius 2 is 1.82 bits per heavy atom. The predicted octanol–water partition coefficient (Wildman–Crippen LogP) is 2.96. The smallest absolute Gasteiger partial charge is 0.243 e. The second kappa shape index (κ2) is 10.2. The zero-order valence-electron chi connectivity index (χ0n) is 19.0. The number of amides is 1. The van der Waals surface area contributed by atoms with Crippen molar-refractivity contribution in [3.8, 4) is 5.75 Å². The van der Waals surface area contributed by atoms with E-state index in [1.54, 1.807) is 31.4 Å². The first kappa shape index (κ1) is 23.7. The Morgan fingerprint density at radius 3 is 2.48 bits per heavy atom. The summed E-state index contributed by atoms with van der Waals surface area (Å²) in [5.74, 6) is 0.163. The largest absolute Gasteiger partial charge is 0.497 e. The highest BCUT2D eigenvalue weighted by atomic mass is 32.2. The maximum Gasteiger partial charge on any atom is 0.243 e. The summed E-state index contributed by atoms with van der Waals surface area (Å²) < 4.78 is 38.4. The highest BCUT2D eigenvalue weighted by Gasteiger charge is 2.37. The summed E-state index contributed by atoms with van der Waals surface area (Å²) in [6.45, 7) is 2.48. The van der Waals surface area contributed by atoms with Crippen molar-refractivity contribution >= 4 is 15.9 Å². The Hall–Kier alpha value is -2.42. The second-order valence-electron chi connectivity index (χ2n) is 8.85. The molecule has 2 aliphatic heterocycles. The highest BCUT2D eigenvalue weighted by molar-refractivity contribution is 7.89. The van der Waals surface area contributed by atoms with E-state index >= 15 is 0 Å². The lowest BCUT2D eigenvalue weighted by Gasteiger charge is -2.38. The number of carbonyl (C=O) groups excluding carboxylic acids is 1. The molecule has 2 aliphatic rings. The third-order valence-electron chi connectivity index (χ3n) is 6.89. The van der Waals surface area contributed by atoms with E-state index in [-0.39, 0.29) is 28.7 Å². The summed E-state index contributed by atoms with van der Waals surface area (Å²) in [5, 5.41) is 3.16. The van der Waals surface area contributed by atoms with Gasteiger partial charge in [0, 0.05) is 38.3 Å². The van der Waals surface area contributed by atoms with Crippen LogP contribution in [0.5, 0.6) is 5.75 Å². The summed E-state index contributed by atoms with van der Waals surface area (Å²) in [6, 6.07) is 16.6. The van der Waals surface area contributed by atoms with Crippen LogP contribution in [-0.4, -0.2) is 58.6 Å². The monoisotopic (exact) mass is 472 g/mol. The quantitative estimate of drug-likeness (QED) is 0.670. The molecule has 1 amide bonds. The number of sulfonamides is 1. The van der Waals surface area contributed by atoms with Gasteiger partial charge < -0.3 is 14.8 Å². The van der Waals surface area contributed by atoms with Gasteiger partial charge in [0.05, 0.1) is 17.9 Å². The molecule has 0 aliphatic carbocycles. The van der Waals surface area contributed by atoms with Crippen molar-refractivity contribution < 1.29 is 22.7 Å². The van der Waals surface area contributed by atoms with Crippen molar-refractivity contribution in [3.05, 3.63) is 60.2 Å². The van der Waals surface area contributed by atoms with Gasteiger partial charge in [-0.05, 0) is 55.5 Å². The maximum atomic E-state index is 13.1. The van der Waals surface area contributed by atoms with E-state index < -0.39 is 10.0 Å². The lowest BCUT2D eigenvalue weighted by Crippen LogP contribution is -2.49. The number of hydrogen-bond acceptors (Lipinski definition) is 5. The Labute approximate surface area is 196 Å². The molecule has 0 radical (unpaired) electrons. The number of ether oxygens (including phenoxy) is 2. The molecule has 2 aromatic carbocycles. The van der Waals surface area contributed by atoms with Gasteiger partial charge in [-0.25, -0.2) is 8.42 Å². The first-order valence-electron chi connectivity index (χ1n) is 11.5. The van der Waals surface area contributed by atoms with Crippen LogP contribution in [-0.2, 0) is 25.0 Å². The lowest BCUT2D eigenvalue weighted by molar-refractivity contribution is -0.126. The first-order valence-corrected chi connectivity index (χ1v) is 12.9. The Kier molecular flexibility index (Phi) is 7.36. The van der Waals surface area contributed by atoms with Crippen molar-refractivity contribution in [2.45, 2.75) is 36.0 Å².